The van der Waals surface area contributed by atoms with Crippen LogP contribution in [0.2, 0.25) is 18.1 Å². The van der Waals surface area contributed by atoms with Crippen LogP contribution in [0, 0.1) is 34.5 Å². The van der Waals surface area contributed by atoms with Crippen LogP contribution in [0.5, 0.6) is 0 Å². The standard InChI is InChI=1S/C41H59N3O6Si/c1-27(26-49-34-16-12-13-23-48-34)30-17-18-31-38(30,5)20-19-32-39(6)33(45)24-29(50-51(7,8)37(2,3)4)25-40(39)21-22-41(31,32)44-36(47)42(35(46)43(40)44)28-14-10-9-11-15-28/h9-11,14-15,21-22,27,29-32,34H,12-13,16-20,23-26H2,1-8H3/t27-,29+,30-,31-,32-,34?,38-,39+,40-,41+/m1/s1. The molecule has 3 saturated carbocycles. The van der Waals surface area contributed by atoms with Crippen molar-refractivity contribution in [1.82, 2.24) is 13.9 Å². The molecule has 4 aliphatic carbocycles. The highest BCUT2D eigenvalue weighted by molar-refractivity contribution is 6.74. The summed E-state index contributed by atoms with van der Waals surface area (Å²) in [6, 6.07) is 9.30. The molecule has 9 rings (SSSR count). The first-order valence-corrected chi connectivity index (χ1v) is 22.6. The highest BCUT2D eigenvalue weighted by atomic mass is 28.4. The molecule has 1 aromatic carbocycles. The number of para-hydroxylation sites is 1. The van der Waals surface area contributed by atoms with Gasteiger partial charge < -0.3 is 13.9 Å². The fourth-order valence-corrected chi connectivity index (χ4v) is 13.4. The molecule has 278 valence electrons. The average Bonchev–Trinajstić information content (AvgIpc) is 3.59. The minimum Gasteiger partial charge on any atom is -0.413 e. The van der Waals surface area contributed by atoms with Crippen LogP contribution in [0.4, 0.5) is 0 Å². The second kappa shape index (κ2) is 11.7. The van der Waals surface area contributed by atoms with Gasteiger partial charge in [-0.25, -0.2) is 23.5 Å². The van der Waals surface area contributed by atoms with Gasteiger partial charge in [-0.2, -0.15) is 0 Å². The number of allylic oxidation sites excluding steroid dienone is 2. The number of aromatic nitrogens is 3. The van der Waals surface area contributed by atoms with Crippen LogP contribution in [0.3, 0.4) is 0 Å². The number of benzene rings is 1. The van der Waals surface area contributed by atoms with E-state index in [1.807, 2.05) is 35.0 Å². The first-order valence-electron chi connectivity index (χ1n) is 19.7. The molecule has 1 saturated heterocycles. The van der Waals surface area contributed by atoms with Gasteiger partial charge in [-0.15, -0.1) is 0 Å². The minimum atomic E-state index is -2.25. The molecule has 1 aromatic heterocycles. The van der Waals surface area contributed by atoms with Crippen molar-refractivity contribution in [2.24, 2.45) is 34.5 Å². The summed E-state index contributed by atoms with van der Waals surface area (Å²) in [5, 5.41) is -0.0351. The largest absolute Gasteiger partial charge is 0.413 e. The average molecular weight is 718 g/mol. The maximum Gasteiger partial charge on any atom is 0.352 e. The number of carbonyl (C=O) groups is 1. The fraction of sp³-hybridized carbons (Fsp3) is 0.732. The van der Waals surface area contributed by atoms with Gasteiger partial charge >= 0.3 is 11.4 Å². The predicted molar refractivity (Wildman–Crippen MR) is 200 cm³/mol. The third kappa shape index (κ3) is 4.70. The van der Waals surface area contributed by atoms with Crippen molar-refractivity contribution in [3.8, 4) is 5.69 Å². The van der Waals surface area contributed by atoms with Gasteiger partial charge in [0.2, 0.25) is 0 Å². The zero-order valence-corrected chi connectivity index (χ0v) is 33.1. The lowest BCUT2D eigenvalue weighted by molar-refractivity contribution is -0.201. The van der Waals surface area contributed by atoms with E-state index >= 15 is 14.4 Å². The van der Waals surface area contributed by atoms with E-state index < -0.39 is 24.8 Å². The number of hydrogen-bond acceptors (Lipinski definition) is 6. The van der Waals surface area contributed by atoms with Crippen LogP contribution in [0.15, 0.2) is 52.1 Å². The van der Waals surface area contributed by atoms with E-state index in [1.165, 1.54) is 4.57 Å². The van der Waals surface area contributed by atoms with Gasteiger partial charge in [0, 0.05) is 25.4 Å². The van der Waals surface area contributed by atoms with Crippen LogP contribution < -0.4 is 11.4 Å². The number of Topliss-reactive ketones (excluding diaryl/α,β-unsaturated/α-hetero) is 1. The van der Waals surface area contributed by atoms with Crippen molar-refractivity contribution in [2.75, 3.05) is 13.2 Å². The Labute approximate surface area is 303 Å². The Balaban J connectivity index is 1.27. The van der Waals surface area contributed by atoms with Gasteiger partial charge in [-0.05, 0) is 105 Å². The number of nitrogens with zero attached hydrogens (tertiary/aromatic N) is 3. The SMILES string of the molecule is C[C@H](COC1CCCCO1)[C@H]1CC[C@@H]2[C@]1(C)CC[C@H]1[C@]23C=C[C@]2(C[C@@H](O[Si](C)(C)C(C)(C)C)CC(=O)[C@]12C)n1c(=O)n(-c2ccccc2)c(=O)n13. The molecule has 3 aliphatic heterocycles. The van der Waals surface area contributed by atoms with Gasteiger partial charge in [-0.3, -0.25) is 4.79 Å². The summed E-state index contributed by atoms with van der Waals surface area (Å²) in [5.41, 5.74) is -2.89. The molecule has 2 aromatic rings. The van der Waals surface area contributed by atoms with E-state index in [0.717, 1.165) is 51.6 Å². The Morgan fingerprint density at radius 2 is 1.67 bits per heavy atom. The molecule has 2 bridgehead atoms. The molecule has 10 heteroatoms. The molecule has 0 amide bonds. The molecule has 7 aliphatic rings. The lowest BCUT2D eigenvalue weighted by Crippen LogP contribution is -2.78. The fourth-order valence-electron chi connectivity index (χ4n) is 12.1. The number of ketones is 1. The molecule has 1 unspecified atom stereocenters. The molecule has 4 fully saturated rings. The molecule has 2 spiro atoms. The van der Waals surface area contributed by atoms with Crippen LogP contribution in [0.1, 0.15) is 99.3 Å². The summed E-state index contributed by atoms with van der Waals surface area (Å²) in [4.78, 5) is 45.2. The van der Waals surface area contributed by atoms with Gasteiger partial charge in [0.15, 0.2) is 14.6 Å². The molecule has 9 nitrogen and oxygen atoms in total. The molecule has 51 heavy (non-hydrogen) atoms. The lowest BCUT2D eigenvalue weighted by Gasteiger charge is -2.70. The Hall–Kier alpha value is -2.53. The minimum absolute atomic E-state index is 0.0351. The maximum atomic E-state index is 15.1. The van der Waals surface area contributed by atoms with E-state index in [2.05, 4.69) is 66.8 Å². The van der Waals surface area contributed by atoms with Crippen molar-refractivity contribution in [3.63, 3.8) is 0 Å². The van der Waals surface area contributed by atoms with Crippen LogP contribution in [-0.2, 0) is 29.8 Å². The summed E-state index contributed by atoms with van der Waals surface area (Å²) in [5.74, 6) is 0.827. The predicted octanol–water partition coefficient (Wildman–Crippen LogP) is 7.16. The molecule has 10 atom stereocenters. The monoisotopic (exact) mass is 717 g/mol. The van der Waals surface area contributed by atoms with Crippen molar-refractivity contribution in [2.45, 2.75) is 141 Å². The topological polar surface area (TPSA) is 93.7 Å². The molecular weight excluding hydrogens is 659 g/mol. The quantitative estimate of drug-likeness (QED) is 0.223. The Bertz CT molecular complexity index is 1850. The van der Waals surface area contributed by atoms with E-state index in [0.29, 0.717) is 37.0 Å². The molecule has 4 heterocycles. The van der Waals surface area contributed by atoms with Crippen molar-refractivity contribution < 1.29 is 18.7 Å². The summed E-state index contributed by atoms with van der Waals surface area (Å²) in [6.07, 6.45) is 11.8. The lowest BCUT2D eigenvalue weighted by atomic mass is 9.40. The second-order valence-corrected chi connectivity index (χ2v) is 23.7. The highest BCUT2D eigenvalue weighted by Crippen LogP contribution is 2.73. The van der Waals surface area contributed by atoms with Crippen molar-refractivity contribution in [3.05, 3.63) is 63.5 Å². The summed E-state index contributed by atoms with van der Waals surface area (Å²) in [6.45, 7) is 19.4. The number of rotatable bonds is 7. The number of carbonyl (C=O) groups excluding carboxylic acids is 1. The van der Waals surface area contributed by atoms with Gasteiger partial charge in [-0.1, -0.05) is 65.0 Å². The summed E-state index contributed by atoms with van der Waals surface area (Å²) in [7, 11) is -2.25. The third-order valence-corrected chi connectivity index (χ3v) is 20.1. The first kappa shape index (κ1) is 35.5. The normalized spacial score (nSPS) is 39.3. The van der Waals surface area contributed by atoms with Crippen LogP contribution in [0.25, 0.3) is 5.69 Å². The van der Waals surface area contributed by atoms with Crippen LogP contribution >= 0.6 is 0 Å². The first-order chi connectivity index (χ1) is 24.0. The van der Waals surface area contributed by atoms with E-state index in [1.54, 1.807) is 4.68 Å². The highest BCUT2D eigenvalue weighted by Gasteiger charge is 2.77. The summed E-state index contributed by atoms with van der Waals surface area (Å²) >= 11 is 0. The van der Waals surface area contributed by atoms with Gasteiger partial charge in [0.25, 0.3) is 0 Å². The van der Waals surface area contributed by atoms with Crippen molar-refractivity contribution >= 4 is 14.1 Å². The molecular formula is C41H59N3O6Si. The van der Waals surface area contributed by atoms with Crippen LogP contribution in [-0.4, -0.2) is 53.6 Å². The molecule has 0 radical (unpaired) electrons. The number of fused-ring (bicyclic) bond motifs is 1. The smallest absolute Gasteiger partial charge is 0.352 e. The summed E-state index contributed by atoms with van der Waals surface area (Å²) < 4.78 is 24.3. The Morgan fingerprint density at radius 3 is 2.35 bits per heavy atom. The number of ether oxygens (including phenoxy) is 2. The Morgan fingerprint density at radius 1 is 0.941 bits per heavy atom. The maximum absolute atomic E-state index is 15.1. The Kier molecular flexibility index (Phi) is 8.16. The third-order valence-electron chi connectivity index (χ3n) is 15.6. The molecule has 0 N–H and O–H groups in total. The van der Waals surface area contributed by atoms with Gasteiger partial charge in [0.05, 0.1) is 34.9 Å². The van der Waals surface area contributed by atoms with Crippen molar-refractivity contribution in [1.29, 1.82) is 0 Å². The van der Waals surface area contributed by atoms with E-state index in [-0.39, 0.29) is 51.8 Å². The zero-order chi connectivity index (χ0) is 36.4. The number of hydrogen-bond donors (Lipinski definition) is 0. The van der Waals surface area contributed by atoms with E-state index in [4.69, 9.17) is 13.9 Å². The second-order valence-electron chi connectivity index (χ2n) is 19.0. The zero-order valence-electron chi connectivity index (χ0n) is 32.1. The van der Waals surface area contributed by atoms with Gasteiger partial charge in [0.1, 0.15) is 5.78 Å². The van der Waals surface area contributed by atoms with E-state index in [9.17, 15) is 0 Å².